The second-order valence-electron chi connectivity index (χ2n) is 7.53. The minimum atomic E-state index is -0.578. The van der Waals surface area contributed by atoms with Gasteiger partial charge in [0.1, 0.15) is 6.04 Å². The van der Waals surface area contributed by atoms with Crippen molar-refractivity contribution < 1.29 is 9.59 Å². The van der Waals surface area contributed by atoms with Crippen LogP contribution in [0.2, 0.25) is 0 Å². The number of hydrogen-bond acceptors (Lipinski definition) is 3. The average molecular weight is 402 g/mol. The first-order valence-electron chi connectivity index (χ1n) is 10.4. The van der Waals surface area contributed by atoms with Gasteiger partial charge < -0.3 is 10.2 Å². The van der Waals surface area contributed by atoms with Crippen molar-refractivity contribution in [2.45, 2.75) is 31.7 Å². The van der Waals surface area contributed by atoms with Crippen LogP contribution in [0.3, 0.4) is 0 Å². The molecule has 154 valence electrons. The smallest absolute Gasteiger partial charge is 0.247 e. The zero-order valence-electron chi connectivity index (χ0n) is 16.9. The van der Waals surface area contributed by atoms with E-state index in [-0.39, 0.29) is 11.8 Å². The number of likely N-dealkylation sites (tertiary alicyclic amines) is 1. The van der Waals surface area contributed by atoms with Crippen molar-refractivity contribution in [1.29, 1.82) is 0 Å². The summed E-state index contributed by atoms with van der Waals surface area (Å²) in [4.78, 5) is 27.3. The maximum Gasteiger partial charge on any atom is 0.247 e. The van der Waals surface area contributed by atoms with Gasteiger partial charge in [-0.05, 0) is 42.5 Å². The fourth-order valence-electron chi connectivity index (χ4n) is 3.85. The predicted octanol–water partition coefficient (Wildman–Crippen LogP) is 3.28. The van der Waals surface area contributed by atoms with Gasteiger partial charge in [0, 0.05) is 25.7 Å². The Morgan fingerprint density at radius 2 is 1.77 bits per heavy atom. The molecule has 1 fully saturated rings. The lowest BCUT2D eigenvalue weighted by atomic mass is 10.0. The topological polar surface area (TPSA) is 67.2 Å². The molecule has 1 aliphatic heterocycles. The van der Waals surface area contributed by atoms with E-state index in [1.54, 1.807) is 4.90 Å². The molecule has 1 unspecified atom stereocenters. The largest absolute Gasteiger partial charge is 0.354 e. The molecule has 30 heavy (non-hydrogen) atoms. The van der Waals surface area contributed by atoms with Crippen molar-refractivity contribution in [2.75, 3.05) is 13.1 Å². The van der Waals surface area contributed by atoms with Crippen LogP contribution in [0.1, 0.15) is 36.4 Å². The Kier molecular flexibility index (Phi) is 6.23. The van der Waals surface area contributed by atoms with Crippen LogP contribution in [0.5, 0.6) is 0 Å². The molecule has 0 aliphatic carbocycles. The van der Waals surface area contributed by atoms with Crippen LogP contribution in [0.15, 0.2) is 73.1 Å². The molecule has 6 nitrogen and oxygen atoms in total. The molecule has 0 radical (unpaired) electrons. The number of para-hydroxylation sites is 1. The Bertz CT molecular complexity index is 985. The molecule has 1 N–H and O–H groups in total. The highest BCUT2D eigenvalue weighted by Gasteiger charge is 2.32. The molecule has 2 aromatic carbocycles. The van der Waals surface area contributed by atoms with E-state index in [1.807, 2.05) is 77.7 Å². The number of amides is 2. The second-order valence-corrected chi connectivity index (χ2v) is 7.53. The molecule has 4 rings (SSSR count). The molecule has 0 bridgehead atoms. The molecule has 1 atom stereocenters. The first-order chi connectivity index (χ1) is 14.7. The molecular weight excluding hydrogens is 376 g/mol. The van der Waals surface area contributed by atoms with E-state index in [0.29, 0.717) is 25.9 Å². The van der Waals surface area contributed by atoms with Crippen LogP contribution in [-0.2, 0) is 16.0 Å². The molecule has 6 heteroatoms. The van der Waals surface area contributed by atoms with E-state index < -0.39 is 6.04 Å². The van der Waals surface area contributed by atoms with Crippen molar-refractivity contribution in [2.24, 2.45) is 0 Å². The summed E-state index contributed by atoms with van der Waals surface area (Å²) < 4.78 is 1.83. The quantitative estimate of drug-likeness (QED) is 0.659. The summed E-state index contributed by atoms with van der Waals surface area (Å²) in [6.45, 7) is 1.11. The summed E-state index contributed by atoms with van der Waals surface area (Å²) in [5, 5.41) is 7.43. The van der Waals surface area contributed by atoms with Gasteiger partial charge in [0.15, 0.2) is 0 Å². The predicted molar refractivity (Wildman–Crippen MR) is 115 cm³/mol. The maximum atomic E-state index is 13.1. The summed E-state index contributed by atoms with van der Waals surface area (Å²) in [5.41, 5.74) is 2.90. The normalized spacial score (nSPS) is 15.1. The third-order valence-electron chi connectivity index (χ3n) is 5.41. The number of piperidine rings is 1. The van der Waals surface area contributed by atoms with E-state index in [2.05, 4.69) is 10.4 Å². The molecule has 0 spiro atoms. The molecule has 2 amide bonds. The number of hydrogen-bond donors (Lipinski definition) is 1. The van der Waals surface area contributed by atoms with Gasteiger partial charge >= 0.3 is 0 Å². The van der Waals surface area contributed by atoms with E-state index in [4.69, 9.17) is 0 Å². The summed E-state index contributed by atoms with van der Waals surface area (Å²) in [6, 6.07) is 18.9. The highest BCUT2D eigenvalue weighted by atomic mass is 16.2. The highest BCUT2D eigenvalue weighted by Crippen LogP contribution is 2.25. The van der Waals surface area contributed by atoms with Crippen molar-refractivity contribution in [3.05, 3.63) is 84.2 Å². The standard InChI is InChI=1S/C24H26N4O2/c29-22-13-7-8-16-27(22)23(20-9-3-1-4-10-20)24(30)25-15-14-19-17-26-28(18-19)21-11-5-2-6-12-21/h1-6,9-12,17-18,23H,7-8,13-16H2,(H,25,30). The molecule has 1 aromatic heterocycles. The van der Waals surface area contributed by atoms with Crippen LogP contribution in [0, 0.1) is 0 Å². The van der Waals surface area contributed by atoms with Crippen LogP contribution in [-0.4, -0.2) is 39.6 Å². The zero-order chi connectivity index (χ0) is 20.8. The SMILES string of the molecule is O=C(NCCc1cnn(-c2ccccc2)c1)C(c1ccccc1)N1CCCCC1=O. The van der Waals surface area contributed by atoms with Crippen LogP contribution in [0.4, 0.5) is 0 Å². The lowest BCUT2D eigenvalue weighted by molar-refractivity contribution is -0.142. The van der Waals surface area contributed by atoms with Crippen molar-refractivity contribution in [1.82, 2.24) is 20.0 Å². The third-order valence-corrected chi connectivity index (χ3v) is 5.41. The number of carbonyl (C=O) groups is 2. The van der Waals surface area contributed by atoms with Crippen LogP contribution < -0.4 is 5.32 Å². The number of benzene rings is 2. The summed E-state index contributed by atoms with van der Waals surface area (Å²) >= 11 is 0. The fourth-order valence-corrected chi connectivity index (χ4v) is 3.85. The fraction of sp³-hybridized carbons (Fsp3) is 0.292. The Balaban J connectivity index is 1.41. The average Bonchev–Trinajstić information content (AvgIpc) is 3.26. The van der Waals surface area contributed by atoms with Gasteiger partial charge in [-0.1, -0.05) is 48.5 Å². The number of carbonyl (C=O) groups excluding carboxylic acids is 2. The zero-order valence-corrected chi connectivity index (χ0v) is 16.9. The lowest BCUT2D eigenvalue weighted by Crippen LogP contribution is -2.46. The molecule has 3 aromatic rings. The van der Waals surface area contributed by atoms with Gasteiger partial charge in [-0.15, -0.1) is 0 Å². The number of aromatic nitrogens is 2. The number of rotatable bonds is 7. The maximum absolute atomic E-state index is 13.1. The van der Waals surface area contributed by atoms with Gasteiger partial charge in [0.05, 0.1) is 11.9 Å². The molecule has 0 saturated carbocycles. The van der Waals surface area contributed by atoms with E-state index in [1.165, 1.54) is 0 Å². The van der Waals surface area contributed by atoms with Crippen molar-refractivity contribution in [3.63, 3.8) is 0 Å². The Morgan fingerprint density at radius 3 is 2.50 bits per heavy atom. The van der Waals surface area contributed by atoms with Gasteiger partial charge in [0.2, 0.25) is 11.8 Å². The summed E-state index contributed by atoms with van der Waals surface area (Å²) in [7, 11) is 0. The van der Waals surface area contributed by atoms with E-state index >= 15 is 0 Å². The third kappa shape index (κ3) is 4.59. The first-order valence-corrected chi connectivity index (χ1v) is 10.4. The van der Waals surface area contributed by atoms with Crippen molar-refractivity contribution >= 4 is 11.8 Å². The second kappa shape index (κ2) is 9.39. The Morgan fingerprint density at radius 1 is 1.03 bits per heavy atom. The lowest BCUT2D eigenvalue weighted by Gasteiger charge is -2.34. The number of nitrogens with one attached hydrogen (secondary N) is 1. The monoisotopic (exact) mass is 402 g/mol. The van der Waals surface area contributed by atoms with Gasteiger partial charge in [-0.3, -0.25) is 9.59 Å². The minimum Gasteiger partial charge on any atom is -0.354 e. The Hall–Kier alpha value is -3.41. The molecule has 2 heterocycles. The van der Waals surface area contributed by atoms with Gasteiger partial charge in [-0.25, -0.2) is 4.68 Å². The molecule has 1 aliphatic rings. The Labute approximate surface area is 176 Å². The van der Waals surface area contributed by atoms with Crippen LogP contribution in [0.25, 0.3) is 5.69 Å². The van der Waals surface area contributed by atoms with E-state index in [0.717, 1.165) is 29.7 Å². The summed E-state index contributed by atoms with van der Waals surface area (Å²) in [6.07, 6.45) is 6.81. The minimum absolute atomic E-state index is 0.0504. The first kappa shape index (κ1) is 19.9. The van der Waals surface area contributed by atoms with Crippen LogP contribution >= 0.6 is 0 Å². The molecular formula is C24H26N4O2. The number of nitrogens with zero attached hydrogens (tertiary/aromatic N) is 3. The molecule has 1 saturated heterocycles. The van der Waals surface area contributed by atoms with Crippen molar-refractivity contribution in [3.8, 4) is 5.69 Å². The van der Waals surface area contributed by atoms with Gasteiger partial charge in [0.25, 0.3) is 0 Å². The van der Waals surface area contributed by atoms with E-state index in [9.17, 15) is 9.59 Å². The highest BCUT2D eigenvalue weighted by molar-refractivity contribution is 5.89. The van der Waals surface area contributed by atoms with Gasteiger partial charge in [-0.2, -0.15) is 5.10 Å². The summed E-state index contributed by atoms with van der Waals surface area (Å²) in [5.74, 6) is -0.0821.